The molecule has 1 aliphatic rings. The fourth-order valence-corrected chi connectivity index (χ4v) is 3.23. The van der Waals surface area contributed by atoms with E-state index in [1.807, 2.05) is 0 Å². The first kappa shape index (κ1) is 30.6. The van der Waals surface area contributed by atoms with E-state index in [1.54, 1.807) is 31.2 Å². The van der Waals surface area contributed by atoms with Crippen LogP contribution in [0.4, 0.5) is 0 Å². The van der Waals surface area contributed by atoms with Gasteiger partial charge in [0.1, 0.15) is 0 Å². The number of carbonyl (C=O) groups excluding carboxylic acids is 4. The van der Waals surface area contributed by atoms with Crippen LogP contribution in [0.2, 0.25) is 0 Å². The Labute approximate surface area is 230 Å². The highest BCUT2D eigenvalue weighted by molar-refractivity contribution is 6.01. The maximum atomic E-state index is 12.3. The zero-order valence-electron chi connectivity index (χ0n) is 22.2. The Morgan fingerprint density at radius 2 is 1.30 bits per heavy atom. The second kappa shape index (κ2) is 16.9. The summed E-state index contributed by atoms with van der Waals surface area (Å²) in [6.07, 6.45) is 0.0194. The van der Waals surface area contributed by atoms with Crippen molar-refractivity contribution in [2.45, 2.75) is 26.2 Å². The number of carbonyl (C=O) groups is 4. The molecule has 1 N–H and O–H groups in total. The molecule has 0 bridgehead atoms. The summed E-state index contributed by atoms with van der Waals surface area (Å²) in [7, 11) is 0. The van der Waals surface area contributed by atoms with Crippen molar-refractivity contribution in [3.05, 3.63) is 35.7 Å². The number of nitrogens with zero attached hydrogens (tertiary/aromatic N) is 5. The molecule has 1 fully saturated rings. The average Bonchev–Trinajstić information content (AvgIpc) is 3.27. The molecule has 1 saturated heterocycles. The highest BCUT2D eigenvalue weighted by Crippen LogP contribution is 2.14. The number of aromatic nitrogens is 4. The summed E-state index contributed by atoms with van der Waals surface area (Å²) in [5.74, 6) is -1.09. The second-order valence-corrected chi connectivity index (χ2v) is 8.35. The topological polar surface area (TPSA) is 181 Å². The zero-order valence-corrected chi connectivity index (χ0v) is 22.2. The van der Waals surface area contributed by atoms with Crippen LogP contribution in [0.3, 0.4) is 0 Å². The number of hydroxylamine groups is 2. The first-order valence-electron chi connectivity index (χ1n) is 12.7. The van der Waals surface area contributed by atoms with Gasteiger partial charge in [-0.05, 0) is 19.1 Å². The van der Waals surface area contributed by atoms with Crippen LogP contribution in [-0.2, 0) is 38.2 Å². The van der Waals surface area contributed by atoms with E-state index in [0.717, 1.165) is 0 Å². The van der Waals surface area contributed by atoms with Gasteiger partial charge in [0.25, 0.3) is 17.7 Å². The largest absolute Gasteiger partial charge is 0.378 e. The third-order valence-corrected chi connectivity index (χ3v) is 5.28. The van der Waals surface area contributed by atoms with Crippen molar-refractivity contribution in [3.8, 4) is 11.4 Å². The summed E-state index contributed by atoms with van der Waals surface area (Å²) in [5.41, 5.74) is 1.22. The first-order chi connectivity index (χ1) is 19.4. The van der Waals surface area contributed by atoms with Gasteiger partial charge in [-0.25, -0.2) is 4.79 Å². The van der Waals surface area contributed by atoms with E-state index < -0.39 is 17.8 Å². The number of ether oxygens (including phenoxy) is 4. The second-order valence-electron chi connectivity index (χ2n) is 8.35. The Bertz CT molecular complexity index is 1100. The van der Waals surface area contributed by atoms with Crippen molar-refractivity contribution in [3.63, 3.8) is 0 Å². The smallest absolute Gasteiger partial charge is 0.335 e. The molecule has 15 heteroatoms. The van der Waals surface area contributed by atoms with E-state index in [4.69, 9.17) is 23.8 Å². The lowest BCUT2D eigenvalue weighted by atomic mass is 10.1. The molecular weight excluding hydrogens is 528 g/mol. The van der Waals surface area contributed by atoms with E-state index in [-0.39, 0.29) is 38.4 Å². The number of imide groups is 1. The molecule has 0 atom stereocenters. The Balaban J connectivity index is 1.09. The number of aryl methyl sites for hydroxylation is 1. The molecule has 1 aliphatic heterocycles. The number of nitrogens with one attached hydrogen (secondary N) is 1. The molecule has 2 heterocycles. The monoisotopic (exact) mass is 560 g/mol. The lowest BCUT2D eigenvalue weighted by molar-refractivity contribution is -0.198. The molecule has 15 nitrogen and oxygen atoms in total. The molecule has 0 aliphatic carbocycles. The molecule has 0 saturated carbocycles. The molecule has 0 unspecified atom stereocenters. The summed E-state index contributed by atoms with van der Waals surface area (Å²) < 4.78 is 21.5. The van der Waals surface area contributed by atoms with Crippen LogP contribution in [-0.4, -0.2) is 109 Å². The van der Waals surface area contributed by atoms with Crippen LogP contribution in [0.5, 0.6) is 0 Å². The number of hydrogen-bond donors (Lipinski definition) is 1. The molecule has 0 radical (unpaired) electrons. The van der Waals surface area contributed by atoms with E-state index in [2.05, 4.69) is 25.7 Å². The highest BCUT2D eigenvalue weighted by atomic mass is 16.7. The van der Waals surface area contributed by atoms with Gasteiger partial charge in [-0.1, -0.05) is 12.1 Å². The van der Waals surface area contributed by atoms with E-state index in [1.165, 1.54) is 0 Å². The highest BCUT2D eigenvalue weighted by Gasteiger charge is 2.32. The molecule has 3 amide bonds. The van der Waals surface area contributed by atoms with Gasteiger partial charge in [-0.2, -0.15) is 0 Å². The van der Waals surface area contributed by atoms with Crippen molar-refractivity contribution in [2.75, 3.05) is 59.4 Å². The molecular formula is C25H32N6O9. The summed E-state index contributed by atoms with van der Waals surface area (Å²) in [5, 5.41) is 19.0. The average molecular weight is 561 g/mol. The lowest BCUT2D eigenvalue weighted by Gasteiger charge is -2.12. The quantitative estimate of drug-likeness (QED) is 0.191. The fraction of sp³-hybridized carbons (Fsp3) is 0.520. The molecule has 3 rings (SSSR count). The Hall–Kier alpha value is -3.92. The van der Waals surface area contributed by atoms with E-state index in [9.17, 15) is 19.2 Å². The summed E-state index contributed by atoms with van der Waals surface area (Å²) in [6, 6.07) is 6.82. The Kier molecular flexibility index (Phi) is 12.9. The van der Waals surface area contributed by atoms with Crippen LogP contribution in [0.15, 0.2) is 24.3 Å². The van der Waals surface area contributed by atoms with E-state index >= 15 is 0 Å². The normalized spacial score (nSPS) is 13.1. The van der Waals surface area contributed by atoms with Crippen molar-refractivity contribution in [2.24, 2.45) is 0 Å². The van der Waals surface area contributed by atoms with Gasteiger partial charge in [0.05, 0.1) is 59.3 Å². The maximum Gasteiger partial charge on any atom is 0.335 e. The van der Waals surface area contributed by atoms with Gasteiger partial charge in [0, 0.05) is 30.5 Å². The van der Waals surface area contributed by atoms with Crippen molar-refractivity contribution in [1.82, 2.24) is 30.8 Å². The number of rotatable bonds is 18. The van der Waals surface area contributed by atoms with Gasteiger partial charge in [0.2, 0.25) is 5.82 Å². The third kappa shape index (κ3) is 10.7. The van der Waals surface area contributed by atoms with Crippen LogP contribution in [0, 0.1) is 6.92 Å². The number of benzene rings is 1. The van der Waals surface area contributed by atoms with Crippen LogP contribution >= 0.6 is 0 Å². The summed E-state index contributed by atoms with van der Waals surface area (Å²) in [4.78, 5) is 51.4. The van der Waals surface area contributed by atoms with Gasteiger partial charge in [-0.15, -0.1) is 25.5 Å². The molecule has 1 aromatic heterocycles. The minimum atomic E-state index is -0.710. The maximum absolute atomic E-state index is 12.3. The molecule has 40 heavy (non-hydrogen) atoms. The molecule has 216 valence electrons. The fourth-order valence-electron chi connectivity index (χ4n) is 3.23. The van der Waals surface area contributed by atoms with Crippen molar-refractivity contribution < 1.29 is 43.0 Å². The number of hydrogen-bond acceptors (Lipinski definition) is 13. The summed E-state index contributed by atoms with van der Waals surface area (Å²) >= 11 is 0. The molecule has 1 aromatic carbocycles. The van der Waals surface area contributed by atoms with E-state index in [0.29, 0.717) is 74.0 Å². The first-order valence-corrected chi connectivity index (χ1v) is 12.7. The standard InChI is InChI=1S/C25H32N6O9/c1-18-27-29-24(30-28-18)19-2-4-20(5-3-19)25(35)26-9-11-37-13-15-39-17-16-38-14-12-36-10-8-23(34)40-31-21(32)6-7-22(31)33/h2-5H,6-17H2,1H3,(H,26,35). The van der Waals surface area contributed by atoms with Gasteiger partial charge < -0.3 is 29.1 Å². The predicted octanol–water partition coefficient (Wildman–Crippen LogP) is 0.0355. The molecule has 0 spiro atoms. The minimum absolute atomic E-state index is 0.0526. The zero-order chi connectivity index (χ0) is 28.6. The van der Waals surface area contributed by atoms with Crippen LogP contribution in [0.25, 0.3) is 11.4 Å². The third-order valence-electron chi connectivity index (χ3n) is 5.28. The number of amides is 3. The van der Waals surface area contributed by atoms with Crippen molar-refractivity contribution in [1.29, 1.82) is 0 Å². The van der Waals surface area contributed by atoms with Gasteiger partial charge in [0.15, 0.2) is 5.82 Å². The Morgan fingerprint density at radius 1 is 0.775 bits per heavy atom. The minimum Gasteiger partial charge on any atom is -0.378 e. The Morgan fingerprint density at radius 3 is 1.88 bits per heavy atom. The summed E-state index contributed by atoms with van der Waals surface area (Å²) in [6.45, 7) is 4.55. The molecule has 2 aromatic rings. The SMILES string of the molecule is Cc1nnc(-c2ccc(C(=O)NCCOCCOCCOCCOCCC(=O)ON3C(=O)CCC3=O)cc2)nn1. The lowest BCUT2D eigenvalue weighted by Crippen LogP contribution is -2.32. The predicted molar refractivity (Wildman–Crippen MR) is 135 cm³/mol. The van der Waals surface area contributed by atoms with Gasteiger partial charge >= 0.3 is 5.97 Å². The van der Waals surface area contributed by atoms with Gasteiger partial charge in [-0.3, -0.25) is 14.4 Å². The van der Waals surface area contributed by atoms with Crippen LogP contribution < -0.4 is 5.32 Å². The van der Waals surface area contributed by atoms with Crippen LogP contribution in [0.1, 0.15) is 35.4 Å². The van der Waals surface area contributed by atoms with Crippen molar-refractivity contribution >= 4 is 23.7 Å².